The van der Waals surface area contributed by atoms with Crippen molar-refractivity contribution in [1.29, 1.82) is 0 Å². The van der Waals surface area contributed by atoms with E-state index in [1.165, 1.54) is 18.4 Å². The zero-order valence-corrected chi connectivity index (χ0v) is 16.6. The number of rotatable bonds is 4. The molecule has 1 aromatic heterocycles. The lowest BCUT2D eigenvalue weighted by Crippen LogP contribution is -2.43. The van der Waals surface area contributed by atoms with Crippen LogP contribution in [0.4, 0.5) is 0 Å². The largest absolute Gasteiger partial charge is 0.468 e. The highest BCUT2D eigenvalue weighted by atomic mass is 32.1. The number of methoxy groups -OCH3 is 1. The predicted octanol–water partition coefficient (Wildman–Crippen LogP) is 2.92. The Kier molecular flexibility index (Phi) is 5.51. The van der Waals surface area contributed by atoms with Crippen LogP contribution in [0.5, 0.6) is 0 Å². The second-order valence-electron chi connectivity index (χ2n) is 6.77. The van der Waals surface area contributed by atoms with Crippen LogP contribution in [0.3, 0.4) is 0 Å². The molecule has 0 aromatic carbocycles. The lowest BCUT2D eigenvalue weighted by Gasteiger charge is -2.37. The smallest absolute Gasteiger partial charge is 0.336 e. The first-order valence-electron chi connectivity index (χ1n) is 8.94. The second kappa shape index (κ2) is 7.68. The Hall–Kier alpha value is -2.41. The quantitative estimate of drug-likeness (QED) is 0.630. The van der Waals surface area contributed by atoms with E-state index in [1.807, 2.05) is 31.4 Å². The Balaban J connectivity index is 2.14. The molecule has 1 N–H and O–H groups in total. The summed E-state index contributed by atoms with van der Waals surface area (Å²) >= 11 is 1.47. The van der Waals surface area contributed by atoms with Crippen LogP contribution >= 0.6 is 11.3 Å². The molecule has 2 heterocycles. The van der Waals surface area contributed by atoms with Crippen LogP contribution in [0.2, 0.25) is 0 Å². The minimum Gasteiger partial charge on any atom is -0.468 e. The molecule has 2 aliphatic rings. The van der Waals surface area contributed by atoms with Gasteiger partial charge in [0.25, 0.3) is 0 Å². The minimum absolute atomic E-state index is 0.183. The maximum atomic E-state index is 13.3. The standard InChI is InChI=1S/C20H23NO5S/c1-5-26-20(24)15-11(3)21-12-9-10(2)14(19(23)25-4)18(22)16(12)17(15)13-7-6-8-27-13/h6-8,10,14,17,21H,5,9H2,1-4H3/t10-,14-,17-/m1/s1. The summed E-state index contributed by atoms with van der Waals surface area (Å²) < 4.78 is 10.1. The van der Waals surface area contributed by atoms with Crippen molar-refractivity contribution in [2.75, 3.05) is 13.7 Å². The summed E-state index contributed by atoms with van der Waals surface area (Å²) in [6.07, 6.45) is 0.538. The summed E-state index contributed by atoms with van der Waals surface area (Å²) in [4.78, 5) is 39.2. The van der Waals surface area contributed by atoms with Gasteiger partial charge in [-0.3, -0.25) is 9.59 Å². The number of hydrogen-bond acceptors (Lipinski definition) is 7. The number of ketones is 1. The van der Waals surface area contributed by atoms with E-state index in [-0.39, 0.29) is 18.3 Å². The number of thiophene rings is 1. The molecule has 7 heteroatoms. The number of carbonyl (C=O) groups excluding carboxylic acids is 3. The second-order valence-corrected chi connectivity index (χ2v) is 7.75. The number of ether oxygens (including phenoxy) is 2. The lowest BCUT2D eigenvalue weighted by molar-refractivity contribution is -0.151. The topological polar surface area (TPSA) is 81.7 Å². The van der Waals surface area contributed by atoms with E-state index in [1.54, 1.807) is 6.92 Å². The molecule has 6 nitrogen and oxygen atoms in total. The molecule has 0 amide bonds. The Morgan fingerprint density at radius 2 is 2.11 bits per heavy atom. The first-order chi connectivity index (χ1) is 12.9. The van der Waals surface area contributed by atoms with Gasteiger partial charge in [-0.25, -0.2) is 4.79 Å². The molecule has 144 valence electrons. The summed E-state index contributed by atoms with van der Waals surface area (Å²) in [5.41, 5.74) is 2.35. The molecule has 0 fully saturated rings. The minimum atomic E-state index is -0.861. The maximum Gasteiger partial charge on any atom is 0.336 e. The van der Waals surface area contributed by atoms with Crippen LogP contribution in [0.1, 0.15) is 38.0 Å². The highest BCUT2D eigenvalue weighted by molar-refractivity contribution is 7.10. The van der Waals surface area contributed by atoms with E-state index in [0.29, 0.717) is 23.3 Å². The molecule has 0 saturated heterocycles. The Morgan fingerprint density at radius 3 is 2.70 bits per heavy atom. The highest BCUT2D eigenvalue weighted by Gasteiger charge is 2.47. The molecule has 0 radical (unpaired) electrons. The van der Waals surface area contributed by atoms with Crippen LogP contribution in [-0.2, 0) is 23.9 Å². The Labute approximate surface area is 162 Å². The van der Waals surface area contributed by atoms with E-state index >= 15 is 0 Å². The zero-order chi connectivity index (χ0) is 19.7. The van der Waals surface area contributed by atoms with Crippen molar-refractivity contribution in [3.63, 3.8) is 0 Å². The maximum absolute atomic E-state index is 13.3. The molecule has 0 bridgehead atoms. The Morgan fingerprint density at radius 1 is 1.37 bits per heavy atom. The van der Waals surface area contributed by atoms with Gasteiger partial charge in [0.05, 0.1) is 25.2 Å². The van der Waals surface area contributed by atoms with Crippen molar-refractivity contribution in [1.82, 2.24) is 5.32 Å². The van der Waals surface area contributed by atoms with Crippen molar-refractivity contribution >= 4 is 29.1 Å². The first-order valence-corrected chi connectivity index (χ1v) is 9.82. The number of carbonyl (C=O) groups is 3. The summed E-state index contributed by atoms with van der Waals surface area (Å²) in [6, 6.07) is 3.78. The van der Waals surface area contributed by atoms with Crippen LogP contribution in [0.25, 0.3) is 0 Å². The first kappa shape index (κ1) is 19.4. The van der Waals surface area contributed by atoms with Crippen molar-refractivity contribution in [3.8, 4) is 0 Å². The average molecular weight is 389 g/mol. The van der Waals surface area contributed by atoms with Crippen LogP contribution in [0.15, 0.2) is 40.1 Å². The molecular formula is C20H23NO5S. The van der Waals surface area contributed by atoms with Gasteiger partial charge in [-0.15, -0.1) is 11.3 Å². The van der Waals surface area contributed by atoms with Gasteiger partial charge in [0.1, 0.15) is 5.92 Å². The number of esters is 2. The van der Waals surface area contributed by atoms with E-state index < -0.39 is 23.8 Å². The monoisotopic (exact) mass is 389 g/mol. The van der Waals surface area contributed by atoms with E-state index in [0.717, 1.165) is 10.6 Å². The molecule has 1 aliphatic carbocycles. The van der Waals surface area contributed by atoms with Crippen molar-refractivity contribution in [2.24, 2.45) is 11.8 Å². The van der Waals surface area contributed by atoms with E-state index in [4.69, 9.17) is 9.47 Å². The van der Waals surface area contributed by atoms with Gasteiger partial charge in [0, 0.05) is 21.8 Å². The highest BCUT2D eigenvalue weighted by Crippen LogP contribution is 2.46. The third-order valence-electron chi connectivity index (χ3n) is 5.07. The third kappa shape index (κ3) is 3.32. The number of dihydropyridines is 1. The van der Waals surface area contributed by atoms with Crippen molar-refractivity contribution in [2.45, 2.75) is 33.1 Å². The molecule has 3 rings (SSSR count). The van der Waals surface area contributed by atoms with Crippen LogP contribution in [-0.4, -0.2) is 31.4 Å². The number of nitrogens with one attached hydrogen (secondary N) is 1. The fourth-order valence-corrected chi connectivity index (χ4v) is 4.74. The predicted molar refractivity (Wildman–Crippen MR) is 101 cm³/mol. The SMILES string of the molecule is CCOC(=O)C1=C(C)NC2=C(C(=O)[C@H](C(=O)OC)[C@H](C)C2)[C@@H]1c1cccs1. The van der Waals surface area contributed by atoms with Gasteiger partial charge in [-0.1, -0.05) is 13.0 Å². The lowest BCUT2D eigenvalue weighted by atomic mass is 9.70. The third-order valence-corrected chi connectivity index (χ3v) is 6.00. The molecule has 1 aliphatic heterocycles. The van der Waals surface area contributed by atoms with Gasteiger partial charge in [0.15, 0.2) is 5.78 Å². The Bertz CT molecular complexity index is 837. The van der Waals surface area contributed by atoms with E-state index in [2.05, 4.69) is 5.32 Å². The molecular weight excluding hydrogens is 366 g/mol. The summed E-state index contributed by atoms with van der Waals surface area (Å²) in [5, 5.41) is 5.13. The summed E-state index contributed by atoms with van der Waals surface area (Å²) in [7, 11) is 1.29. The van der Waals surface area contributed by atoms with Crippen LogP contribution in [0, 0.1) is 11.8 Å². The molecule has 0 saturated carbocycles. The van der Waals surface area contributed by atoms with Gasteiger partial charge in [-0.05, 0) is 37.6 Å². The number of hydrogen-bond donors (Lipinski definition) is 1. The fraction of sp³-hybridized carbons (Fsp3) is 0.450. The molecule has 1 aromatic rings. The molecule has 27 heavy (non-hydrogen) atoms. The summed E-state index contributed by atoms with van der Waals surface area (Å²) in [5.74, 6) is -2.85. The van der Waals surface area contributed by atoms with E-state index in [9.17, 15) is 14.4 Å². The summed E-state index contributed by atoms with van der Waals surface area (Å²) in [6.45, 7) is 5.67. The van der Waals surface area contributed by atoms with Gasteiger partial charge >= 0.3 is 11.9 Å². The molecule has 0 spiro atoms. The van der Waals surface area contributed by atoms with Gasteiger partial charge in [0.2, 0.25) is 0 Å². The fourth-order valence-electron chi connectivity index (χ4n) is 3.90. The molecule has 3 atom stereocenters. The average Bonchev–Trinajstić information content (AvgIpc) is 3.14. The van der Waals surface area contributed by atoms with Crippen LogP contribution < -0.4 is 5.32 Å². The normalized spacial score (nSPS) is 25.0. The number of Topliss-reactive ketones (excluding diaryl/α,β-unsaturated/α-hetero) is 1. The zero-order valence-electron chi connectivity index (χ0n) is 15.8. The van der Waals surface area contributed by atoms with Gasteiger partial charge < -0.3 is 14.8 Å². The van der Waals surface area contributed by atoms with Crippen molar-refractivity contribution in [3.05, 3.63) is 44.9 Å². The van der Waals surface area contributed by atoms with Crippen molar-refractivity contribution < 1.29 is 23.9 Å². The number of allylic oxidation sites excluding steroid dienone is 3. The van der Waals surface area contributed by atoms with Gasteiger partial charge in [-0.2, -0.15) is 0 Å². The molecule has 0 unspecified atom stereocenters.